The highest BCUT2D eigenvalue weighted by Crippen LogP contribution is 2.33. The summed E-state index contributed by atoms with van der Waals surface area (Å²) >= 11 is 0. The quantitative estimate of drug-likeness (QED) is 0.339. The molecule has 3 rings (SSSR count). The minimum Gasteiger partial charge on any atom is -0.497 e. The van der Waals surface area contributed by atoms with Gasteiger partial charge in [0.25, 0.3) is 0 Å². The monoisotopic (exact) mass is 434 g/mol. The first-order valence-electron chi connectivity index (χ1n) is 11.9. The number of rotatable bonds is 10. The van der Waals surface area contributed by atoms with Crippen molar-refractivity contribution in [3.8, 4) is 17.0 Å². The molecular weight excluding hydrogens is 396 g/mol. The van der Waals surface area contributed by atoms with Crippen LogP contribution >= 0.6 is 0 Å². The minimum atomic E-state index is 0.222. The molecule has 5 nitrogen and oxygen atoms in total. The zero-order valence-electron chi connectivity index (χ0n) is 20.6. The number of hydrogen-bond donors (Lipinski definition) is 0. The highest BCUT2D eigenvalue weighted by atomic mass is 16.5. The lowest BCUT2D eigenvalue weighted by Crippen LogP contribution is -2.18. The summed E-state index contributed by atoms with van der Waals surface area (Å²) in [6.07, 6.45) is 12.1. The zero-order chi connectivity index (χ0) is 23.1. The number of nitrogens with zero attached hydrogens (tertiary/aromatic N) is 4. The van der Waals surface area contributed by atoms with E-state index in [1.807, 2.05) is 24.3 Å². The van der Waals surface area contributed by atoms with Crippen LogP contribution in [0.25, 0.3) is 28.5 Å². The van der Waals surface area contributed by atoms with E-state index in [-0.39, 0.29) is 5.41 Å². The average Bonchev–Trinajstić information content (AvgIpc) is 3.14. The largest absolute Gasteiger partial charge is 0.497 e. The molecule has 1 aromatic carbocycles. The molecule has 1 atom stereocenters. The number of aromatic nitrogens is 4. The fourth-order valence-corrected chi connectivity index (χ4v) is 4.02. The van der Waals surface area contributed by atoms with Crippen LogP contribution in [0.1, 0.15) is 72.5 Å². The highest BCUT2D eigenvalue weighted by Gasteiger charge is 2.22. The molecule has 172 valence electrons. The van der Waals surface area contributed by atoms with Crippen molar-refractivity contribution in [1.29, 1.82) is 0 Å². The van der Waals surface area contributed by atoms with E-state index in [0.717, 1.165) is 53.4 Å². The van der Waals surface area contributed by atoms with Crippen LogP contribution in [0.2, 0.25) is 0 Å². The molecule has 0 N–H and O–H groups in total. The summed E-state index contributed by atoms with van der Waals surface area (Å²) in [5, 5.41) is 0. The van der Waals surface area contributed by atoms with Gasteiger partial charge in [0.1, 0.15) is 29.1 Å². The molecular formula is C27H38N4O. The maximum Gasteiger partial charge on any atom is 0.164 e. The lowest BCUT2D eigenvalue weighted by Gasteiger charge is -2.28. The van der Waals surface area contributed by atoms with E-state index >= 15 is 0 Å². The predicted molar refractivity (Wildman–Crippen MR) is 134 cm³/mol. The lowest BCUT2D eigenvalue weighted by atomic mass is 9.77. The summed E-state index contributed by atoms with van der Waals surface area (Å²) in [7, 11) is 1.68. The maximum atomic E-state index is 5.31. The normalized spacial score (nSPS) is 13.2. The van der Waals surface area contributed by atoms with Crippen LogP contribution in [0.5, 0.6) is 5.75 Å². The van der Waals surface area contributed by atoms with Gasteiger partial charge in [0.05, 0.1) is 7.11 Å². The summed E-state index contributed by atoms with van der Waals surface area (Å²) in [5.74, 6) is 2.31. The predicted octanol–water partition coefficient (Wildman–Crippen LogP) is 7.17. The second kappa shape index (κ2) is 10.8. The Morgan fingerprint density at radius 3 is 2.38 bits per heavy atom. The number of imidazole rings is 1. The summed E-state index contributed by atoms with van der Waals surface area (Å²) < 4.78 is 7.56. The third-order valence-corrected chi connectivity index (χ3v) is 6.12. The number of methoxy groups -OCH3 is 1. The molecule has 2 aromatic heterocycles. The van der Waals surface area contributed by atoms with Crippen molar-refractivity contribution in [2.75, 3.05) is 7.11 Å². The summed E-state index contributed by atoms with van der Waals surface area (Å²) in [4.78, 5) is 14.3. The zero-order valence-corrected chi connectivity index (χ0v) is 20.6. The number of hydrogen-bond acceptors (Lipinski definition) is 4. The first-order valence-corrected chi connectivity index (χ1v) is 11.9. The lowest BCUT2D eigenvalue weighted by molar-refractivity contribution is 0.274. The molecule has 2 heterocycles. The van der Waals surface area contributed by atoms with Crippen molar-refractivity contribution in [1.82, 2.24) is 19.5 Å². The number of ether oxygens (including phenoxy) is 1. The standard InChI is InChI=1S/C27H38N4O/c1-7-9-11-21(27(3,4)5)14-17-23-30-25-24(20-12-15-22(32-6)16-13-20)28-19-29-26(25)31(23)18-10-8-2/h12-17,19,21H,7-11,18H2,1-6H3/b17-14+. The van der Waals surface area contributed by atoms with Gasteiger partial charge in [-0.2, -0.15) is 0 Å². The van der Waals surface area contributed by atoms with Gasteiger partial charge in [-0.05, 0) is 54.5 Å². The Morgan fingerprint density at radius 2 is 1.75 bits per heavy atom. The van der Waals surface area contributed by atoms with Crippen LogP contribution in [-0.4, -0.2) is 26.6 Å². The number of aryl methyl sites for hydroxylation is 1. The van der Waals surface area contributed by atoms with Crippen LogP contribution in [0, 0.1) is 11.3 Å². The Morgan fingerprint density at radius 1 is 1.03 bits per heavy atom. The van der Waals surface area contributed by atoms with Crippen LogP contribution < -0.4 is 4.74 Å². The van der Waals surface area contributed by atoms with E-state index in [1.54, 1.807) is 13.4 Å². The fraction of sp³-hybridized carbons (Fsp3) is 0.519. The summed E-state index contributed by atoms with van der Waals surface area (Å²) in [5.41, 5.74) is 3.86. The molecule has 0 bridgehead atoms. The molecule has 0 spiro atoms. The van der Waals surface area contributed by atoms with Gasteiger partial charge in [0, 0.05) is 12.1 Å². The topological polar surface area (TPSA) is 52.8 Å². The molecule has 0 saturated carbocycles. The van der Waals surface area contributed by atoms with Crippen molar-refractivity contribution >= 4 is 17.2 Å². The number of allylic oxidation sites excluding steroid dienone is 1. The van der Waals surface area contributed by atoms with Gasteiger partial charge >= 0.3 is 0 Å². The molecule has 0 aliphatic carbocycles. The van der Waals surface area contributed by atoms with Gasteiger partial charge in [0.15, 0.2) is 5.65 Å². The molecule has 32 heavy (non-hydrogen) atoms. The van der Waals surface area contributed by atoms with E-state index in [0.29, 0.717) is 5.92 Å². The van der Waals surface area contributed by atoms with Gasteiger partial charge in [-0.25, -0.2) is 15.0 Å². The van der Waals surface area contributed by atoms with Crippen LogP contribution in [0.4, 0.5) is 0 Å². The molecule has 0 amide bonds. The van der Waals surface area contributed by atoms with Gasteiger partial charge in [0.2, 0.25) is 0 Å². The Hall–Kier alpha value is -2.69. The van der Waals surface area contributed by atoms with E-state index in [2.05, 4.69) is 61.3 Å². The van der Waals surface area contributed by atoms with Crippen LogP contribution in [0.15, 0.2) is 36.7 Å². The smallest absolute Gasteiger partial charge is 0.164 e. The maximum absolute atomic E-state index is 5.31. The molecule has 0 fully saturated rings. The van der Waals surface area contributed by atoms with Crippen LogP contribution in [-0.2, 0) is 6.54 Å². The second-order valence-electron chi connectivity index (χ2n) is 9.57. The molecule has 0 radical (unpaired) electrons. The van der Waals surface area contributed by atoms with Crippen molar-refractivity contribution in [2.24, 2.45) is 11.3 Å². The van der Waals surface area contributed by atoms with E-state index in [1.165, 1.54) is 19.3 Å². The highest BCUT2D eigenvalue weighted by molar-refractivity contribution is 5.88. The molecule has 3 aromatic rings. The first-order chi connectivity index (χ1) is 15.4. The molecule has 0 aliphatic rings. The fourth-order valence-electron chi connectivity index (χ4n) is 4.02. The SMILES string of the molecule is CCCCC(/C=C/c1nc2c(-c3ccc(OC)cc3)ncnc2n1CCCC)C(C)(C)C. The second-order valence-corrected chi connectivity index (χ2v) is 9.57. The summed E-state index contributed by atoms with van der Waals surface area (Å²) in [6.45, 7) is 12.3. The molecule has 0 saturated heterocycles. The number of benzene rings is 1. The third-order valence-electron chi connectivity index (χ3n) is 6.12. The average molecular weight is 435 g/mol. The van der Waals surface area contributed by atoms with Gasteiger partial charge < -0.3 is 9.30 Å². The first kappa shape index (κ1) is 24.0. The molecule has 5 heteroatoms. The van der Waals surface area contributed by atoms with Gasteiger partial charge in [-0.3, -0.25) is 0 Å². The Bertz CT molecular complexity index is 1030. The number of fused-ring (bicyclic) bond motifs is 1. The number of unbranched alkanes of at least 4 members (excludes halogenated alkanes) is 2. The van der Waals surface area contributed by atoms with Crippen LogP contribution in [0.3, 0.4) is 0 Å². The van der Waals surface area contributed by atoms with Crippen molar-refractivity contribution in [2.45, 2.75) is 73.3 Å². The van der Waals surface area contributed by atoms with Gasteiger partial charge in [-0.1, -0.05) is 60.0 Å². The Balaban J connectivity index is 2.06. The minimum absolute atomic E-state index is 0.222. The van der Waals surface area contributed by atoms with Crippen molar-refractivity contribution in [3.63, 3.8) is 0 Å². The van der Waals surface area contributed by atoms with E-state index in [4.69, 9.17) is 9.72 Å². The van der Waals surface area contributed by atoms with Gasteiger partial charge in [-0.15, -0.1) is 0 Å². The third kappa shape index (κ3) is 5.56. The van der Waals surface area contributed by atoms with E-state index in [9.17, 15) is 0 Å². The molecule has 1 unspecified atom stereocenters. The Labute approximate surface area is 193 Å². The van der Waals surface area contributed by atoms with E-state index < -0.39 is 0 Å². The van der Waals surface area contributed by atoms with Crippen molar-refractivity contribution < 1.29 is 4.74 Å². The summed E-state index contributed by atoms with van der Waals surface area (Å²) in [6, 6.07) is 7.97. The Kier molecular flexibility index (Phi) is 8.05. The van der Waals surface area contributed by atoms with Crippen molar-refractivity contribution in [3.05, 3.63) is 42.5 Å². The molecule has 0 aliphatic heterocycles.